The van der Waals surface area contributed by atoms with Crippen LogP contribution in [0.2, 0.25) is 5.15 Å². The monoisotopic (exact) mass is 260 g/mol. The fourth-order valence-electron chi connectivity index (χ4n) is 2.05. The molecule has 2 nitrogen and oxygen atoms in total. The van der Waals surface area contributed by atoms with Crippen LogP contribution in [-0.2, 0) is 0 Å². The molecule has 0 amide bonds. The van der Waals surface area contributed by atoms with Crippen LogP contribution in [0, 0.1) is 34.6 Å². The van der Waals surface area contributed by atoms with Crippen molar-refractivity contribution in [2.45, 2.75) is 34.6 Å². The summed E-state index contributed by atoms with van der Waals surface area (Å²) in [6.07, 6.45) is 0. The van der Waals surface area contributed by atoms with Gasteiger partial charge in [-0.2, -0.15) is 0 Å². The summed E-state index contributed by atoms with van der Waals surface area (Å²) in [6, 6.07) is 4.37. The quantitative estimate of drug-likeness (QED) is 0.762. The van der Waals surface area contributed by atoms with Crippen LogP contribution in [0.3, 0.4) is 0 Å². The number of benzene rings is 1. The maximum absolute atomic E-state index is 6.00. The molecule has 0 fully saturated rings. The van der Waals surface area contributed by atoms with Gasteiger partial charge in [0.2, 0.25) is 0 Å². The van der Waals surface area contributed by atoms with E-state index in [-0.39, 0.29) is 0 Å². The van der Waals surface area contributed by atoms with Crippen LogP contribution < -0.4 is 0 Å². The lowest BCUT2D eigenvalue weighted by atomic mass is 9.96. The number of halogens is 1. The molecule has 94 valence electrons. The van der Waals surface area contributed by atoms with Crippen molar-refractivity contribution >= 4 is 11.6 Å². The lowest BCUT2D eigenvalue weighted by Gasteiger charge is -2.12. The van der Waals surface area contributed by atoms with E-state index in [1.165, 1.54) is 16.7 Å². The SMILES string of the molecule is Cc1cc(C)c(-c2nnc(Cl)c(C)c2C)cc1C. The highest BCUT2D eigenvalue weighted by atomic mass is 35.5. The number of aryl methyl sites for hydroxylation is 3. The molecule has 0 bridgehead atoms. The third-order valence-electron chi connectivity index (χ3n) is 3.56. The molecule has 0 atom stereocenters. The van der Waals surface area contributed by atoms with Crippen LogP contribution in [-0.4, -0.2) is 10.2 Å². The van der Waals surface area contributed by atoms with E-state index in [1.807, 2.05) is 13.8 Å². The number of hydrogen-bond acceptors (Lipinski definition) is 2. The van der Waals surface area contributed by atoms with Crippen LogP contribution in [0.4, 0.5) is 0 Å². The van der Waals surface area contributed by atoms with Crippen LogP contribution >= 0.6 is 11.6 Å². The summed E-state index contributed by atoms with van der Waals surface area (Å²) in [5.41, 5.74) is 7.95. The standard InChI is InChI=1S/C15H17ClN2/c1-8-6-10(3)13(7-9(8)2)14-11(4)12(5)15(16)18-17-14/h6-7H,1-5H3. The maximum Gasteiger partial charge on any atom is 0.154 e. The van der Waals surface area contributed by atoms with E-state index in [2.05, 4.69) is 43.1 Å². The predicted molar refractivity (Wildman–Crippen MR) is 76.2 cm³/mol. The van der Waals surface area contributed by atoms with Gasteiger partial charge in [-0.05, 0) is 68.5 Å². The lowest BCUT2D eigenvalue weighted by Crippen LogP contribution is -1.99. The zero-order valence-electron chi connectivity index (χ0n) is 11.4. The molecule has 1 aromatic heterocycles. The van der Waals surface area contributed by atoms with Crippen LogP contribution in [0.5, 0.6) is 0 Å². The average molecular weight is 261 g/mol. The number of hydrogen-bond donors (Lipinski definition) is 0. The highest BCUT2D eigenvalue weighted by Gasteiger charge is 2.12. The molecule has 1 aromatic carbocycles. The highest BCUT2D eigenvalue weighted by molar-refractivity contribution is 6.30. The van der Waals surface area contributed by atoms with Crippen LogP contribution in [0.25, 0.3) is 11.3 Å². The molecule has 2 rings (SSSR count). The van der Waals surface area contributed by atoms with Gasteiger partial charge in [0.1, 0.15) is 0 Å². The molecule has 0 aliphatic carbocycles. The zero-order chi connectivity index (χ0) is 13.4. The molecule has 0 N–H and O–H groups in total. The Balaban J connectivity index is 2.70. The third-order valence-corrected chi connectivity index (χ3v) is 3.92. The van der Waals surface area contributed by atoms with Crippen molar-refractivity contribution in [1.82, 2.24) is 10.2 Å². The number of aromatic nitrogens is 2. The summed E-state index contributed by atoms with van der Waals surface area (Å²) < 4.78 is 0. The van der Waals surface area contributed by atoms with Gasteiger partial charge in [-0.15, -0.1) is 10.2 Å². The largest absolute Gasteiger partial charge is 0.154 e. The third kappa shape index (κ3) is 2.13. The first kappa shape index (κ1) is 13.0. The van der Waals surface area contributed by atoms with E-state index in [4.69, 9.17) is 11.6 Å². The smallest absolute Gasteiger partial charge is 0.149 e. The van der Waals surface area contributed by atoms with Gasteiger partial charge < -0.3 is 0 Å². The second kappa shape index (κ2) is 4.69. The Kier molecular flexibility index (Phi) is 3.40. The summed E-state index contributed by atoms with van der Waals surface area (Å²) in [7, 11) is 0. The Hall–Kier alpha value is -1.41. The summed E-state index contributed by atoms with van der Waals surface area (Å²) in [6.45, 7) is 10.4. The van der Waals surface area contributed by atoms with Crippen molar-refractivity contribution < 1.29 is 0 Å². The molecule has 0 saturated heterocycles. The van der Waals surface area contributed by atoms with E-state index in [0.29, 0.717) is 5.15 Å². The molecular weight excluding hydrogens is 244 g/mol. The minimum Gasteiger partial charge on any atom is -0.149 e. The molecule has 0 spiro atoms. The lowest BCUT2D eigenvalue weighted by molar-refractivity contribution is 1.00. The van der Waals surface area contributed by atoms with Gasteiger partial charge in [0.05, 0.1) is 5.69 Å². The molecule has 3 heteroatoms. The topological polar surface area (TPSA) is 25.8 Å². The second-order valence-electron chi connectivity index (χ2n) is 4.84. The molecule has 0 aliphatic heterocycles. The van der Waals surface area contributed by atoms with Crippen molar-refractivity contribution in [3.05, 3.63) is 45.1 Å². The first-order chi connectivity index (χ1) is 8.41. The van der Waals surface area contributed by atoms with E-state index in [0.717, 1.165) is 22.4 Å². The van der Waals surface area contributed by atoms with Gasteiger partial charge in [0, 0.05) is 5.56 Å². The van der Waals surface area contributed by atoms with Gasteiger partial charge in [0.15, 0.2) is 5.15 Å². The van der Waals surface area contributed by atoms with E-state index in [1.54, 1.807) is 0 Å². The van der Waals surface area contributed by atoms with Crippen molar-refractivity contribution in [2.24, 2.45) is 0 Å². The van der Waals surface area contributed by atoms with Crippen molar-refractivity contribution in [3.63, 3.8) is 0 Å². The van der Waals surface area contributed by atoms with E-state index >= 15 is 0 Å². The Bertz CT molecular complexity index is 618. The minimum absolute atomic E-state index is 0.484. The highest BCUT2D eigenvalue weighted by Crippen LogP contribution is 2.29. The van der Waals surface area contributed by atoms with Gasteiger partial charge >= 0.3 is 0 Å². The molecule has 1 heterocycles. The Labute approximate surface area is 113 Å². The molecule has 0 aliphatic rings. The Morgan fingerprint density at radius 3 is 2.06 bits per heavy atom. The van der Waals surface area contributed by atoms with Gasteiger partial charge in [0.25, 0.3) is 0 Å². The normalized spacial score (nSPS) is 10.8. The summed E-state index contributed by atoms with van der Waals surface area (Å²) in [4.78, 5) is 0. The molecule has 0 unspecified atom stereocenters. The zero-order valence-corrected chi connectivity index (χ0v) is 12.2. The summed E-state index contributed by atoms with van der Waals surface area (Å²) >= 11 is 6.00. The van der Waals surface area contributed by atoms with Crippen molar-refractivity contribution in [2.75, 3.05) is 0 Å². The fourth-order valence-corrected chi connectivity index (χ4v) is 2.23. The van der Waals surface area contributed by atoms with Crippen molar-refractivity contribution in [1.29, 1.82) is 0 Å². The van der Waals surface area contributed by atoms with Crippen LogP contribution in [0.1, 0.15) is 27.8 Å². The van der Waals surface area contributed by atoms with Gasteiger partial charge in [-0.25, -0.2) is 0 Å². The maximum atomic E-state index is 6.00. The Morgan fingerprint density at radius 1 is 0.778 bits per heavy atom. The van der Waals surface area contributed by atoms with E-state index in [9.17, 15) is 0 Å². The first-order valence-electron chi connectivity index (χ1n) is 5.99. The van der Waals surface area contributed by atoms with Gasteiger partial charge in [-0.1, -0.05) is 17.7 Å². The first-order valence-corrected chi connectivity index (χ1v) is 6.37. The molecule has 0 saturated carbocycles. The summed E-state index contributed by atoms with van der Waals surface area (Å²) in [5.74, 6) is 0. The number of nitrogens with zero attached hydrogens (tertiary/aromatic N) is 2. The van der Waals surface area contributed by atoms with E-state index < -0.39 is 0 Å². The van der Waals surface area contributed by atoms with Gasteiger partial charge in [-0.3, -0.25) is 0 Å². The Morgan fingerprint density at radius 2 is 1.39 bits per heavy atom. The van der Waals surface area contributed by atoms with Crippen LogP contribution in [0.15, 0.2) is 12.1 Å². The number of rotatable bonds is 1. The molecule has 18 heavy (non-hydrogen) atoms. The molecule has 0 radical (unpaired) electrons. The molecular formula is C15H17ClN2. The fraction of sp³-hybridized carbons (Fsp3) is 0.333. The van der Waals surface area contributed by atoms with Crippen molar-refractivity contribution in [3.8, 4) is 11.3 Å². The second-order valence-corrected chi connectivity index (χ2v) is 5.20. The molecule has 2 aromatic rings. The minimum atomic E-state index is 0.484. The summed E-state index contributed by atoms with van der Waals surface area (Å²) in [5, 5.41) is 8.77. The predicted octanol–water partition coefficient (Wildman–Crippen LogP) is 4.34. The average Bonchev–Trinajstić information content (AvgIpc) is 2.32.